The van der Waals surface area contributed by atoms with Crippen molar-refractivity contribution < 1.29 is 14.3 Å². The largest absolute Gasteiger partial charge is 0.478 e. The molecule has 0 aliphatic carbocycles. The van der Waals surface area contributed by atoms with Crippen molar-refractivity contribution in [1.29, 1.82) is 0 Å². The van der Waals surface area contributed by atoms with Crippen LogP contribution < -0.4 is 0 Å². The van der Waals surface area contributed by atoms with E-state index in [1.165, 1.54) is 17.7 Å². The van der Waals surface area contributed by atoms with Crippen molar-refractivity contribution in [3.63, 3.8) is 0 Å². The molecule has 5 nitrogen and oxygen atoms in total. The predicted octanol–water partition coefficient (Wildman–Crippen LogP) is 5.91. The van der Waals surface area contributed by atoms with Crippen LogP contribution in [0, 0.1) is 5.82 Å². The zero-order valence-corrected chi connectivity index (χ0v) is 19.2. The Bertz CT molecular complexity index is 1360. The van der Waals surface area contributed by atoms with E-state index in [9.17, 15) is 14.3 Å². The van der Waals surface area contributed by atoms with Gasteiger partial charge in [-0.2, -0.15) is 0 Å². The van der Waals surface area contributed by atoms with Crippen LogP contribution in [-0.2, 0) is 6.42 Å². The molecule has 1 aliphatic rings. The summed E-state index contributed by atoms with van der Waals surface area (Å²) < 4.78 is 13.5. The van der Waals surface area contributed by atoms with Crippen molar-refractivity contribution in [2.75, 3.05) is 19.6 Å². The van der Waals surface area contributed by atoms with Crippen molar-refractivity contribution in [3.8, 4) is 22.4 Å². The smallest absolute Gasteiger partial charge is 0.335 e. The average molecular weight is 468 g/mol. The minimum absolute atomic E-state index is 0.254. The quantitative estimate of drug-likeness (QED) is 0.354. The van der Waals surface area contributed by atoms with Crippen LogP contribution in [0.3, 0.4) is 0 Å². The normalized spacial score (nSPS) is 14.0. The maximum absolute atomic E-state index is 13.5. The molecule has 0 unspecified atom stereocenters. The molecule has 1 aliphatic heterocycles. The van der Waals surface area contributed by atoms with E-state index in [4.69, 9.17) is 0 Å². The van der Waals surface area contributed by atoms with Gasteiger partial charge in [-0.3, -0.25) is 9.88 Å². The van der Waals surface area contributed by atoms with Crippen LogP contribution in [0.4, 0.5) is 4.39 Å². The van der Waals surface area contributed by atoms with Crippen LogP contribution >= 0.6 is 0 Å². The van der Waals surface area contributed by atoms with Gasteiger partial charge in [0.25, 0.3) is 0 Å². The lowest BCUT2D eigenvalue weighted by molar-refractivity contribution is 0.0696. The molecule has 0 saturated heterocycles. The zero-order chi connectivity index (χ0) is 24.2. The third kappa shape index (κ3) is 5.08. The fourth-order valence-electron chi connectivity index (χ4n) is 4.65. The Morgan fingerprint density at radius 2 is 1.86 bits per heavy atom. The van der Waals surface area contributed by atoms with Gasteiger partial charge >= 0.3 is 5.97 Å². The summed E-state index contributed by atoms with van der Waals surface area (Å²) in [6.45, 7) is 2.64. The van der Waals surface area contributed by atoms with Crippen LogP contribution in [0.2, 0.25) is 0 Å². The highest BCUT2D eigenvalue weighted by atomic mass is 19.1. The minimum atomic E-state index is -0.895. The van der Waals surface area contributed by atoms with Gasteiger partial charge in [-0.25, -0.2) is 9.18 Å². The first-order valence-corrected chi connectivity index (χ1v) is 11.7. The summed E-state index contributed by atoms with van der Waals surface area (Å²) in [4.78, 5) is 21.2. The molecule has 5 rings (SSSR count). The van der Waals surface area contributed by atoms with Crippen LogP contribution in [-0.4, -0.2) is 45.6 Å². The molecule has 0 fully saturated rings. The van der Waals surface area contributed by atoms with Gasteiger partial charge in [-0.1, -0.05) is 18.2 Å². The lowest BCUT2D eigenvalue weighted by Crippen LogP contribution is -2.30. The maximum atomic E-state index is 13.5. The van der Waals surface area contributed by atoms with Crippen LogP contribution in [0.1, 0.15) is 27.9 Å². The molecule has 2 aromatic carbocycles. The number of pyridine rings is 1. The number of rotatable bonds is 7. The van der Waals surface area contributed by atoms with E-state index in [1.807, 2.05) is 24.4 Å². The van der Waals surface area contributed by atoms with Crippen molar-refractivity contribution in [1.82, 2.24) is 14.9 Å². The summed E-state index contributed by atoms with van der Waals surface area (Å²) in [5, 5.41) is 9.21. The number of benzene rings is 2. The highest BCUT2D eigenvalue weighted by Gasteiger charge is 2.20. The van der Waals surface area contributed by atoms with Crippen LogP contribution in [0.15, 0.2) is 85.3 Å². The van der Waals surface area contributed by atoms with Crippen molar-refractivity contribution >= 4 is 11.5 Å². The number of carbonyl (C=O) groups is 1. The lowest BCUT2D eigenvalue weighted by atomic mass is 9.92. The van der Waals surface area contributed by atoms with E-state index >= 15 is 0 Å². The van der Waals surface area contributed by atoms with Gasteiger partial charge in [0.15, 0.2) is 0 Å². The Balaban J connectivity index is 1.36. The second kappa shape index (κ2) is 10.1. The van der Waals surface area contributed by atoms with Gasteiger partial charge in [0, 0.05) is 49.4 Å². The molecule has 0 atom stereocenters. The molecule has 0 bridgehead atoms. The van der Waals surface area contributed by atoms with E-state index in [0.717, 1.165) is 66.0 Å². The number of aromatic nitrogens is 2. The second-order valence-corrected chi connectivity index (χ2v) is 8.73. The molecule has 0 spiro atoms. The molecular weight excluding hydrogens is 441 g/mol. The Hall–Kier alpha value is -4.03. The summed E-state index contributed by atoms with van der Waals surface area (Å²) in [6.07, 6.45) is 9.62. The van der Waals surface area contributed by atoms with E-state index in [-0.39, 0.29) is 5.82 Å². The van der Waals surface area contributed by atoms with Gasteiger partial charge in [-0.05, 0) is 83.6 Å². The van der Waals surface area contributed by atoms with E-state index in [2.05, 4.69) is 20.9 Å². The molecule has 2 N–H and O–H groups in total. The number of aromatic carboxylic acids is 1. The third-order valence-electron chi connectivity index (χ3n) is 6.51. The molecule has 6 heteroatoms. The molecule has 2 aromatic heterocycles. The number of hydrogen-bond acceptors (Lipinski definition) is 3. The lowest BCUT2D eigenvalue weighted by Gasteiger charge is -2.26. The summed E-state index contributed by atoms with van der Waals surface area (Å²) in [6, 6.07) is 17.7. The molecule has 4 aromatic rings. The van der Waals surface area contributed by atoms with Crippen molar-refractivity contribution in [3.05, 3.63) is 108 Å². The van der Waals surface area contributed by atoms with Crippen LogP contribution in [0.25, 0.3) is 28.0 Å². The molecule has 0 saturated carbocycles. The first-order valence-electron chi connectivity index (χ1n) is 11.7. The number of nitrogens with zero attached hydrogens (tertiary/aromatic N) is 2. The van der Waals surface area contributed by atoms with Gasteiger partial charge in [-0.15, -0.1) is 0 Å². The van der Waals surface area contributed by atoms with Gasteiger partial charge < -0.3 is 10.1 Å². The predicted molar refractivity (Wildman–Crippen MR) is 136 cm³/mol. The van der Waals surface area contributed by atoms with Gasteiger partial charge in [0.05, 0.1) is 11.3 Å². The van der Waals surface area contributed by atoms with Crippen molar-refractivity contribution in [2.45, 2.75) is 12.8 Å². The van der Waals surface area contributed by atoms with E-state index in [0.29, 0.717) is 5.56 Å². The number of H-pyrrole nitrogens is 1. The molecule has 0 radical (unpaired) electrons. The summed E-state index contributed by atoms with van der Waals surface area (Å²) in [5.41, 5.74) is 7.88. The summed E-state index contributed by atoms with van der Waals surface area (Å²) in [7, 11) is 0. The highest BCUT2D eigenvalue weighted by molar-refractivity contribution is 5.91. The van der Waals surface area contributed by atoms with Gasteiger partial charge in [0.1, 0.15) is 5.82 Å². The fraction of sp³-hybridized carbons (Fsp3) is 0.172. The number of carboxylic acids is 1. The Labute approximate surface area is 203 Å². The maximum Gasteiger partial charge on any atom is 0.335 e. The molecular formula is C29H26FN3O2. The topological polar surface area (TPSA) is 69.2 Å². The standard InChI is InChI=1S/C29H26FN3O2/c30-25-6-4-23(5-7-25)28-27(22-8-13-31-14-9-22)26(19-32-28)21-11-16-33(17-12-21)15-10-20-2-1-3-24(18-20)29(34)35/h1-9,11,13-14,18-19,32H,10,12,15-17H2,(H,34,35). The number of carboxylic acid groups (broad SMARTS) is 1. The molecule has 35 heavy (non-hydrogen) atoms. The van der Waals surface area contributed by atoms with E-state index in [1.54, 1.807) is 42.7 Å². The van der Waals surface area contributed by atoms with Crippen molar-refractivity contribution in [2.24, 2.45) is 0 Å². The first kappa shape index (κ1) is 22.7. The highest BCUT2D eigenvalue weighted by Crippen LogP contribution is 2.39. The Morgan fingerprint density at radius 3 is 2.57 bits per heavy atom. The number of hydrogen-bond donors (Lipinski definition) is 2. The third-order valence-corrected chi connectivity index (χ3v) is 6.51. The summed E-state index contributed by atoms with van der Waals surface area (Å²) in [5.74, 6) is -1.15. The molecule has 0 amide bonds. The molecule has 3 heterocycles. The minimum Gasteiger partial charge on any atom is -0.478 e. The summed E-state index contributed by atoms with van der Waals surface area (Å²) >= 11 is 0. The fourth-order valence-corrected chi connectivity index (χ4v) is 4.65. The number of halogens is 1. The van der Waals surface area contributed by atoms with Gasteiger partial charge in [0.2, 0.25) is 0 Å². The number of nitrogens with one attached hydrogen (secondary N) is 1. The second-order valence-electron chi connectivity index (χ2n) is 8.73. The monoisotopic (exact) mass is 467 g/mol. The van der Waals surface area contributed by atoms with Crippen LogP contribution in [0.5, 0.6) is 0 Å². The average Bonchev–Trinajstić information content (AvgIpc) is 3.34. The molecule has 176 valence electrons. The Kier molecular flexibility index (Phi) is 6.55. The first-order chi connectivity index (χ1) is 17.1. The van der Waals surface area contributed by atoms with E-state index < -0.39 is 5.97 Å². The SMILES string of the molecule is O=C(O)c1cccc(CCN2CC=C(c3c[nH]c(-c4ccc(F)cc4)c3-c3ccncc3)CC2)c1. The number of aromatic amines is 1. The zero-order valence-electron chi connectivity index (χ0n) is 19.2. The Morgan fingerprint density at radius 1 is 1.06 bits per heavy atom.